The first-order valence-electron chi connectivity index (χ1n) is 12.0. The molecule has 0 N–H and O–H groups in total. The monoisotopic (exact) mass is 540 g/mol. The molecule has 37 heavy (non-hydrogen) atoms. The molecular weight excluding hydrogens is 508 g/mol. The van der Waals surface area contributed by atoms with Gasteiger partial charge in [-0.2, -0.15) is 0 Å². The molecule has 4 rings (SSSR count). The molecular formula is C29H33ClN2O4S. The quantitative estimate of drug-likeness (QED) is 0.357. The summed E-state index contributed by atoms with van der Waals surface area (Å²) in [7, 11) is 5.57. The normalized spacial score (nSPS) is 17.0. The lowest BCUT2D eigenvalue weighted by molar-refractivity contribution is -0.152. The van der Waals surface area contributed by atoms with Gasteiger partial charge in [0.15, 0.2) is 6.10 Å². The lowest BCUT2D eigenvalue weighted by Crippen LogP contribution is -2.45. The van der Waals surface area contributed by atoms with Crippen LogP contribution in [-0.2, 0) is 20.7 Å². The Labute approximate surface area is 229 Å². The third kappa shape index (κ3) is 7.06. The zero-order chi connectivity index (χ0) is 25.7. The molecule has 0 bridgehead atoms. The van der Waals surface area contributed by atoms with E-state index in [0.29, 0.717) is 13.1 Å². The van der Waals surface area contributed by atoms with Crippen LogP contribution in [0.4, 0.5) is 5.69 Å². The summed E-state index contributed by atoms with van der Waals surface area (Å²) in [4.78, 5) is 30.9. The molecule has 196 valence electrons. The summed E-state index contributed by atoms with van der Waals surface area (Å²) in [6.45, 7) is 2.52. The fourth-order valence-corrected chi connectivity index (χ4v) is 5.66. The van der Waals surface area contributed by atoms with Gasteiger partial charge < -0.3 is 19.3 Å². The Morgan fingerprint density at radius 1 is 1.00 bits per heavy atom. The van der Waals surface area contributed by atoms with Crippen molar-refractivity contribution in [2.75, 3.05) is 39.2 Å². The standard InChI is InChI=1S/C29H32N2O4S.ClH/c1-20(32)35-27-28(23-11-13-24(34-4)14-12-23)36-26-19-22(18-21-8-6-5-7-9-21)10-15-25(26)31(29(27)33)17-16-30(2)3;/h5-15,19,27-28H,16-18H2,1-4H3;1H/t27-,28+;/m1./s1. The Morgan fingerprint density at radius 3 is 2.32 bits per heavy atom. The highest BCUT2D eigenvalue weighted by atomic mass is 35.5. The number of ether oxygens (including phenoxy) is 2. The van der Waals surface area contributed by atoms with Crippen molar-refractivity contribution in [1.29, 1.82) is 0 Å². The number of hydrogen-bond acceptors (Lipinski definition) is 6. The van der Waals surface area contributed by atoms with E-state index < -0.39 is 17.3 Å². The number of halogens is 1. The Kier molecular flexibility index (Phi) is 10.0. The molecule has 0 aliphatic carbocycles. The van der Waals surface area contributed by atoms with Crippen LogP contribution in [0, 0.1) is 0 Å². The summed E-state index contributed by atoms with van der Waals surface area (Å²) in [5.41, 5.74) is 4.12. The van der Waals surface area contributed by atoms with E-state index in [2.05, 4.69) is 24.3 Å². The maximum absolute atomic E-state index is 13.9. The topological polar surface area (TPSA) is 59.1 Å². The number of amides is 1. The van der Waals surface area contributed by atoms with E-state index in [1.165, 1.54) is 12.5 Å². The first-order valence-corrected chi connectivity index (χ1v) is 12.8. The Bertz CT molecular complexity index is 1200. The van der Waals surface area contributed by atoms with Crippen LogP contribution in [0.15, 0.2) is 77.7 Å². The molecule has 0 saturated carbocycles. The van der Waals surface area contributed by atoms with Crippen molar-refractivity contribution in [2.45, 2.75) is 29.6 Å². The Hall–Kier alpha value is -3.00. The van der Waals surface area contributed by atoms with Crippen molar-refractivity contribution < 1.29 is 19.1 Å². The molecule has 0 fully saturated rings. The molecule has 1 aliphatic heterocycles. The van der Waals surface area contributed by atoms with Crippen LogP contribution in [0.5, 0.6) is 5.75 Å². The first-order chi connectivity index (χ1) is 17.4. The molecule has 0 saturated heterocycles. The van der Waals surface area contributed by atoms with Gasteiger partial charge in [0.05, 0.1) is 18.0 Å². The molecule has 0 aromatic heterocycles. The van der Waals surface area contributed by atoms with Crippen molar-refractivity contribution in [3.63, 3.8) is 0 Å². The van der Waals surface area contributed by atoms with Crippen molar-refractivity contribution in [3.05, 3.63) is 89.5 Å². The third-order valence-corrected chi connectivity index (χ3v) is 7.47. The van der Waals surface area contributed by atoms with Crippen molar-refractivity contribution in [1.82, 2.24) is 4.90 Å². The molecule has 3 aromatic rings. The Morgan fingerprint density at radius 2 is 1.70 bits per heavy atom. The molecule has 0 unspecified atom stereocenters. The lowest BCUT2D eigenvalue weighted by atomic mass is 10.0. The van der Waals surface area contributed by atoms with E-state index in [1.807, 2.05) is 67.5 Å². The van der Waals surface area contributed by atoms with Gasteiger partial charge in [-0.15, -0.1) is 24.2 Å². The van der Waals surface area contributed by atoms with Crippen LogP contribution in [0.1, 0.15) is 28.9 Å². The number of thioether (sulfide) groups is 1. The highest BCUT2D eigenvalue weighted by Crippen LogP contribution is 2.47. The maximum atomic E-state index is 13.9. The molecule has 6 nitrogen and oxygen atoms in total. The second-order valence-electron chi connectivity index (χ2n) is 9.10. The summed E-state index contributed by atoms with van der Waals surface area (Å²) in [5.74, 6) is 0.0385. The van der Waals surface area contributed by atoms with Crippen LogP contribution in [0.3, 0.4) is 0 Å². The number of benzene rings is 3. The van der Waals surface area contributed by atoms with Crippen molar-refractivity contribution in [3.8, 4) is 5.75 Å². The largest absolute Gasteiger partial charge is 0.497 e. The molecule has 2 atom stereocenters. The van der Waals surface area contributed by atoms with E-state index in [1.54, 1.807) is 23.8 Å². The second kappa shape index (κ2) is 13.0. The highest BCUT2D eigenvalue weighted by molar-refractivity contribution is 7.99. The number of methoxy groups -OCH3 is 1. The predicted octanol–water partition coefficient (Wildman–Crippen LogP) is 5.38. The highest BCUT2D eigenvalue weighted by Gasteiger charge is 2.40. The number of hydrogen-bond donors (Lipinski definition) is 0. The molecule has 0 radical (unpaired) electrons. The molecule has 1 heterocycles. The molecule has 1 amide bonds. The first kappa shape index (κ1) is 28.6. The van der Waals surface area contributed by atoms with E-state index >= 15 is 0 Å². The second-order valence-corrected chi connectivity index (χ2v) is 10.3. The number of nitrogens with zero attached hydrogens (tertiary/aromatic N) is 2. The van der Waals surface area contributed by atoms with Gasteiger partial charge in [-0.25, -0.2) is 0 Å². The number of carbonyl (C=O) groups excluding carboxylic acids is 2. The van der Waals surface area contributed by atoms with Crippen LogP contribution in [-0.4, -0.2) is 57.2 Å². The number of esters is 1. The minimum absolute atomic E-state index is 0. The summed E-state index contributed by atoms with van der Waals surface area (Å²) in [6.07, 6.45) is -0.158. The van der Waals surface area contributed by atoms with Gasteiger partial charge in [-0.3, -0.25) is 9.59 Å². The van der Waals surface area contributed by atoms with Gasteiger partial charge >= 0.3 is 5.97 Å². The number of carbonyl (C=O) groups is 2. The van der Waals surface area contributed by atoms with Gasteiger partial charge in [0, 0.05) is 24.9 Å². The van der Waals surface area contributed by atoms with Crippen LogP contribution < -0.4 is 9.64 Å². The molecule has 1 aliphatic rings. The van der Waals surface area contributed by atoms with E-state index in [9.17, 15) is 9.59 Å². The van der Waals surface area contributed by atoms with Gasteiger partial charge in [-0.1, -0.05) is 48.5 Å². The van der Waals surface area contributed by atoms with E-state index in [4.69, 9.17) is 9.47 Å². The van der Waals surface area contributed by atoms with Crippen LogP contribution >= 0.6 is 24.2 Å². The SMILES string of the molecule is COc1ccc([C@@H]2Sc3cc(Cc4ccccc4)ccc3N(CCN(C)C)C(=O)[C@@H]2OC(C)=O)cc1.Cl. The minimum Gasteiger partial charge on any atom is -0.497 e. The van der Waals surface area contributed by atoms with Crippen molar-refractivity contribution in [2.24, 2.45) is 0 Å². The third-order valence-electron chi connectivity index (χ3n) is 6.11. The van der Waals surface area contributed by atoms with Crippen LogP contribution in [0.25, 0.3) is 0 Å². The van der Waals surface area contributed by atoms with Gasteiger partial charge in [0.1, 0.15) is 5.75 Å². The summed E-state index contributed by atoms with van der Waals surface area (Å²) in [5, 5.41) is -0.401. The van der Waals surface area contributed by atoms with E-state index in [-0.39, 0.29) is 18.3 Å². The van der Waals surface area contributed by atoms with E-state index in [0.717, 1.165) is 33.9 Å². The summed E-state index contributed by atoms with van der Waals surface area (Å²) in [6, 6.07) is 24.2. The number of fused-ring (bicyclic) bond motifs is 1. The van der Waals surface area contributed by atoms with Gasteiger partial charge in [0.25, 0.3) is 5.91 Å². The van der Waals surface area contributed by atoms with Gasteiger partial charge in [0.2, 0.25) is 0 Å². The summed E-state index contributed by atoms with van der Waals surface area (Å²) >= 11 is 1.57. The maximum Gasteiger partial charge on any atom is 0.303 e. The zero-order valence-corrected chi connectivity index (χ0v) is 23.2. The summed E-state index contributed by atoms with van der Waals surface area (Å²) < 4.78 is 11.0. The minimum atomic E-state index is -0.951. The average molecular weight is 541 g/mol. The Balaban J connectivity index is 0.00000380. The smallest absolute Gasteiger partial charge is 0.303 e. The zero-order valence-electron chi connectivity index (χ0n) is 21.5. The number of anilines is 1. The molecule has 0 spiro atoms. The van der Waals surface area contributed by atoms with Crippen LogP contribution in [0.2, 0.25) is 0 Å². The number of rotatable bonds is 8. The molecule has 3 aromatic carbocycles. The fraction of sp³-hybridized carbons (Fsp3) is 0.310. The fourth-order valence-electron chi connectivity index (χ4n) is 4.28. The molecule has 8 heteroatoms. The van der Waals surface area contributed by atoms with Gasteiger partial charge in [-0.05, 0) is 61.5 Å². The van der Waals surface area contributed by atoms with Crippen molar-refractivity contribution >= 4 is 41.7 Å². The lowest BCUT2D eigenvalue weighted by Gasteiger charge is -2.28. The number of likely N-dealkylation sites (N-methyl/N-ethyl adjacent to an activating group) is 1. The average Bonchev–Trinajstić information content (AvgIpc) is 2.97. The predicted molar refractivity (Wildman–Crippen MR) is 151 cm³/mol.